The minimum atomic E-state index is -3.25. The van der Waals surface area contributed by atoms with Crippen molar-refractivity contribution in [1.82, 2.24) is 15.0 Å². The highest BCUT2D eigenvalue weighted by molar-refractivity contribution is 7.89. The molecular formula is C12H19N3O2S. The molecule has 18 heavy (non-hydrogen) atoms. The highest BCUT2D eigenvalue weighted by Crippen LogP contribution is 2.13. The third-order valence-electron chi connectivity index (χ3n) is 3.15. The van der Waals surface area contributed by atoms with Gasteiger partial charge >= 0.3 is 0 Å². The van der Waals surface area contributed by atoms with Gasteiger partial charge in [-0.25, -0.2) is 13.1 Å². The van der Waals surface area contributed by atoms with Crippen molar-refractivity contribution in [2.45, 2.75) is 31.8 Å². The Balaban J connectivity index is 1.95. The molecule has 0 amide bonds. The van der Waals surface area contributed by atoms with Crippen molar-refractivity contribution in [3.63, 3.8) is 0 Å². The van der Waals surface area contributed by atoms with Gasteiger partial charge in [0.2, 0.25) is 10.0 Å². The van der Waals surface area contributed by atoms with Gasteiger partial charge in [0.15, 0.2) is 0 Å². The van der Waals surface area contributed by atoms with Crippen molar-refractivity contribution in [2.24, 2.45) is 0 Å². The summed E-state index contributed by atoms with van der Waals surface area (Å²) in [6, 6.07) is 3.51. The van der Waals surface area contributed by atoms with E-state index >= 15 is 0 Å². The van der Waals surface area contributed by atoms with Crippen LogP contribution in [-0.4, -0.2) is 31.7 Å². The second-order valence-corrected chi connectivity index (χ2v) is 6.49. The van der Waals surface area contributed by atoms with Crippen LogP contribution >= 0.6 is 0 Å². The average Bonchev–Trinajstić information content (AvgIpc) is 2.81. The second kappa shape index (κ2) is 5.77. The van der Waals surface area contributed by atoms with Gasteiger partial charge in [0.05, 0.1) is 5.75 Å². The maximum absolute atomic E-state index is 12.0. The molecule has 1 aromatic heterocycles. The quantitative estimate of drug-likeness (QED) is 0.830. The SMILES string of the molecule is CC(NS(=O)(=O)CC1CCCN1)c1ccncc1. The summed E-state index contributed by atoms with van der Waals surface area (Å²) in [6.07, 6.45) is 5.32. The molecular weight excluding hydrogens is 250 g/mol. The number of nitrogens with zero attached hydrogens (tertiary/aromatic N) is 1. The summed E-state index contributed by atoms with van der Waals surface area (Å²) in [7, 11) is -3.25. The normalized spacial score (nSPS) is 21.9. The van der Waals surface area contributed by atoms with Crippen molar-refractivity contribution in [3.8, 4) is 0 Å². The number of aromatic nitrogens is 1. The zero-order valence-corrected chi connectivity index (χ0v) is 11.3. The molecule has 1 saturated heterocycles. The monoisotopic (exact) mass is 269 g/mol. The molecule has 0 spiro atoms. The number of hydrogen-bond acceptors (Lipinski definition) is 4. The van der Waals surface area contributed by atoms with Gasteiger partial charge in [0.25, 0.3) is 0 Å². The molecule has 0 saturated carbocycles. The Morgan fingerprint density at radius 2 is 2.22 bits per heavy atom. The maximum Gasteiger partial charge on any atom is 0.213 e. The molecule has 0 bridgehead atoms. The number of sulfonamides is 1. The highest BCUT2D eigenvalue weighted by Gasteiger charge is 2.23. The summed E-state index contributed by atoms with van der Waals surface area (Å²) < 4.78 is 26.7. The Bertz CT molecular complexity index is 469. The van der Waals surface area contributed by atoms with Crippen LogP contribution in [0.3, 0.4) is 0 Å². The lowest BCUT2D eigenvalue weighted by atomic mass is 10.1. The molecule has 0 aliphatic carbocycles. The molecule has 1 aliphatic rings. The molecule has 2 rings (SSSR count). The Kier molecular flexibility index (Phi) is 4.31. The molecule has 1 fully saturated rings. The summed E-state index contributed by atoms with van der Waals surface area (Å²) in [6.45, 7) is 2.76. The number of pyridine rings is 1. The van der Waals surface area contributed by atoms with Gasteiger partial charge in [0.1, 0.15) is 0 Å². The third-order valence-corrected chi connectivity index (χ3v) is 4.70. The van der Waals surface area contributed by atoms with Crippen molar-refractivity contribution < 1.29 is 8.42 Å². The Labute approximate surface area is 108 Å². The first-order valence-electron chi connectivity index (χ1n) is 6.20. The first-order valence-corrected chi connectivity index (χ1v) is 7.85. The van der Waals surface area contributed by atoms with E-state index in [0.717, 1.165) is 24.9 Å². The van der Waals surface area contributed by atoms with Gasteiger partial charge in [-0.2, -0.15) is 0 Å². The van der Waals surface area contributed by atoms with Crippen LogP contribution in [-0.2, 0) is 10.0 Å². The van der Waals surface area contributed by atoms with Crippen LogP contribution in [0.5, 0.6) is 0 Å². The lowest BCUT2D eigenvalue weighted by Gasteiger charge is -2.16. The Hall–Kier alpha value is -0.980. The average molecular weight is 269 g/mol. The van der Waals surface area contributed by atoms with E-state index in [-0.39, 0.29) is 17.8 Å². The van der Waals surface area contributed by atoms with Crippen molar-refractivity contribution in [2.75, 3.05) is 12.3 Å². The van der Waals surface area contributed by atoms with Crippen molar-refractivity contribution in [3.05, 3.63) is 30.1 Å². The minimum absolute atomic E-state index is 0.0899. The predicted molar refractivity (Wildman–Crippen MR) is 70.6 cm³/mol. The Morgan fingerprint density at radius 1 is 1.50 bits per heavy atom. The number of hydrogen-bond donors (Lipinski definition) is 2. The molecule has 0 aromatic carbocycles. The molecule has 5 nitrogen and oxygen atoms in total. The summed E-state index contributed by atoms with van der Waals surface area (Å²) in [4.78, 5) is 3.92. The predicted octanol–water partition coefficient (Wildman–Crippen LogP) is 0.814. The molecule has 2 heterocycles. The molecule has 1 aliphatic heterocycles. The topological polar surface area (TPSA) is 71.1 Å². The van der Waals surface area contributed by atoms with Crippen molar-refractivity contribution in [1.29, 1.82) is 0 Å². The van der Waals surface area contributed by atoms with Gasteiger partial charge in [-0.15, -0.1) is 0 Å². The standard InChI is InChI=1S/C12H19N3O2S/c1-10(11-4-7-13-8-5-11)15-18(16,17)9-12-3-2-6-14-12/h4-5,7-8,10,12,14-15H,2-3,6,9H2,1H3. The molecule has 100 valence electrons. The lowest BCUT2D eigenvalue weighted by molar-refractivity contribution is 0.551. The van der Waals surface area contributed by atoms with Gasteiger partial charge < -0.3 is 5.32 Å². The summed E-state index contributed by atoms with van der Waals surface area (Å²) in [5, 5.41) is 3.20. The first kappa shape index (κ1) is 13.5. The highest BCUT2D eigenvalue weighted by atomic mass is 32.2. The van der Waals surface area contributed by atoms with E-state index in [1.165, 1.54) is 0 Å². The molecule has 2 N–H and O–H groups in total. The van der Waals surface area contributed by atoms with Crippen LogP contribution in [0.1, 0.15) is 31.4 Å². The zero-order chi connectivity index (χ0) is 13.0. The van der Waals surface area contributed by atoms with E-state index in [1.54, 1.807) is 12.4 Å². The number of rotatable bonds is 5. The fourth-order valence-corrected chi connectivity index (χ4v) is 3.79. The van der Waals surface area contributed by atoms with Crippen LogP contribution in [0.25, 0.3) is 0 Å². The van der Waals surface area contributed by atoms with E-state index in [2.05, 4.69) is 15.0 Å². The fourth-order valence-electron chi connectivity index (χ4n) is 2.20. The summed E-state index contributed by atoms with van der Waals surface area (Å²) >= 11 is 0. The molecule has 2 unspecified atom stereocenters. The van der Waals surface area contributed by atoms with Crippen LogP contribution in [0, 0.1) is 0 Å². The smallest absolute Gasteiger partial charge is 0.213 e. The van der Waals surface area contributed by atoms with Gasteiger partial charge in [0, 0.05) is 24.5 Å². The largest absolute Gasteiger partial charge is 0.313 e. The lowest BCUT2D eigenvalue weighted by Crippen LogP contribution is -2.37. The van der Waals surface area contributed by atoms with Crippen LogP contribution in [0.15, 0.2) is 24.5 Å². The van der Waals surface area contributed by atoms with Crippen molar-refractivity contribution >= 4 is 10.0 Å². The Morgan fingerprint density at radius 3 is 2.83 bits per heavy atom. The van der Waals surface area contributed by atoms with Crippen LogP contribution in [0.4, 0.5) is 0 Å². The zero-order valence-electron chi connectivity index (χ0n) is 10.5. The molecule has 2 atom stereocenters. The van der Waals surface area contributed by atoms with Gasteiger partial charge in [-0.3, -0.25) is 4.98 Å². The summed E-state index contributed by atoms with van der Waals surface area (Å²) in [5.41, 5.74) is 0.924. The van der Waals surface area contributed by atoms with Crippen LogP contribution in [0.2, 0.25) is 0 Å². The van der Waals surface area contributed by atoms with Gasteiger partial charge in [-0.1, -0.05) is 0 Å². The molecule has 0 radical (unpaired) electrons. The van der Waals surface area contributed by atoms with E-state index < -0.39 is 10.0 Å². The van der Waals surface area contributed by atoms with E-state index in [9.17, 15) is 8.42 Å². The van der Waals surface area contributed by atoms with E-state index in [4.69, 9.17) is 0 Å². The third kappa shape index (κ3) is 3.76. The second-order valence-electron chi connectivity index (χ2n) is 4.69. The summed E-state index contributed by atoms with van der Waals surface area (Å²) in [5.74, 6) is 0.155. The molecule has 1 aromatic rings. The fraction of sp³-hybridized carbons (Fsp3) is 0.583. The van der Waals surface area contributed by atoms with E-state index in [0.29, 0.717) is 0 Å². The van der Waals surface area contributed by atoms with Crippen LogP contribution < -0.4 is 10.0 Å². The maximum atomic E-state index is 12.0. The molecule has 6 heteroatoms. The number of nitrogens with one attached hydrogen (secondary N) is 2. The first-order chi connectivity index (χ1) is 8.57. The van der Waals surface area contributed by atoms with Gasteiger partial charge in [-0.05, 0) is 44.0 Å². The minimum Gasteiger partial charge on any atom is -0.313 e. The van der Waals surface area contributed by atoms with E-state index in [1.807, 2.05) is 19.1 Å².